The van der Waals surface area contributed by atoms with E-state index in [4.69, 9.17) is 4.74 Å². The van der Waals surface area contributed by atoms with Crippen LogP contribution in [0.3, 0.4) is 0 Å². The zero-order chi connectivity index (χ0) is 11.4. The number of phenolic OH excluding ortho intramolecular Hbond substituents is 1. The molecule has 0 aliphatic rings. The number of aromatic hydroxyl groups is 1. The molecule has 4 heteroatoms. The van der Waals surface area contributed by atoms with Gasteiger partial charge in [-0.2, -0.15) is 0 Å². The largest absolute Gasteiger partial charge is 0.508 e. The van der Waals surface area contributed by atoms with Crippen molar-refractivity contribution in [1.82, 2.24) is 0 Å². The first-order chi connectivity index (χ1) is 7.04. The molecule has 0 bridgehead atoms. The van der Waals surface area contributed by atoms with Crippen molar-refractivity contribution in [2.45, 2.75) is 13.8 Å². The number of carbonyl (C=O) groups excluding carboxylic acids is 1. The molecule has 0 unspecified atom stereocenters. The predicted molar refractivity (Wildman–Crippen MR) is 58.1 cm³/mol. The van der Waals surface area contributed by atoms with Crippen LogP contribution in [-0.4, -0.2) is 24.7 Å². The van der Waals surface area contributed by atoms with E-state index < -0.39 is 0 Å². The number of rotatable bonds is 3. The van der Waals surface area contributed by atoms with E-state index in [1.807, 2.05) is 13.8 Å². The number of methoxy groups -OCH3 is 1. The molecule has 82 valence electrons. The molecule has 0 aliphatic heterocycles. The average molecular weight is 209 g/mol. The van der Waals surface area contributed by atoms with Crippen LogP contribution in [0.1, 0.15) is 11.1 Å². The second kappa shape index (κ2) is 4.79. The van der Waals surface area contributed by atoms with Gasteiger partial charge >= 0.3 is 0 Å². The molecule has 0 aromatic heterocycles. The lowest BCUT2D eigenvalue weighted by Crippen LogP contribution is -2.18. The monoisotopic (exact) mass is 209 g/mol. The van der Waals surface area contributed by atoms with Gasteiger partial charge in [0.2, 0.25) is 5.91 Å². The van der Waals surface area contributed by atoms with Gasteiger partial charge in [-0.05, 0) is 37.1 Å². The predicted octanol–water partition coefficient (Wildman–Crippen LogP) is 1.59. The summed E-state index contributed by atoms with van der Waals surface area (Å²) in [6.45, 7) is 3.68. The Bertz CT molecular complexity index is 351. The number of nitrogens with one attached hydrogen (secondary N) is 1. The van der Waals surface area contributed by atoms with Gasteiger partial charge < -0.3 is 15.2 Å². The Labute approximate surface area is 88.9 Å². The molecule has 1 rings (SSSR count). The van der Waals surface area contributed by atoms with E-state index in [0.29, 0.717) is 0 Å². The van der Waals surface area contributed by atoms with Crippen molar-refractivity contribution < 1.29 is 14.6 Å². The molecule has 0 saturated heterocycles. The fraction of sp³-hybridized carbons (Fsp3) is 0.364. The molecule has 0 saturated carbocycles. The van der Waals surface area contributed by atoms with Crippen LogP contribution in [0, 0.1) is 13.8 Å². The van der Waals surface area contributed by atoms with Crippen LogP contribution in [0.4, 0.5) is 5.69 Å². The zero-order valence-corrected chi connectivity index (χ0v) is 9.13. The van der Waals surface area contributed by atoms with Gasteiger partial charge in [0.05, 0.1) is 0 Å². The smallest absolute Gasteiger partial charge is 0.250 e. The van der Waals surface area contributed by atoms with Crippen LogP contribution in [0.2, 0.25) is 0 Å². The number of anilines is 1. The fourth-order valence-electron chi connectivity index (χ4n) is 1.44. The summed E-state index contributed by atoms with van der Waals surface area (Å²) in [6, 6.07) is 3.21. The zero-order valence-electron chi connectivity index (χ0n) is 9.13. The van der Waals surface area contributed by atoms with Crippen molar-refractivity contribution in [3.8, 4) is 5.75 Å². The summed E-state index contributed by atoms with van der Waals surface area (Å²) in [6.07, 6.45) is 0. The third-order valence-corrected chi connectivity index (χ3v) is 2.06. The lowest BCUT2D eigenvalue weighted by Gasteiger charge is -2.11. The molecular weight excluding hydrogens is 194 g/mol. The number of hydrogen-bond donors (Lipinski definition) is 2. The highest BCUT2D eigenvalue weighted by molar-refractivity contribution is 5.93. The Morgan fingerprint density at radius 2 is 1.93 bits per heavy atom. The van der Waals surface area contributed by atoms with E-state index >= 15 is 0 Å². The van der Waals surface area contributed by atoms with E-state index in [0.717, 1.165) is 16.8 Å². The van der Waals surface area contributed by atoms with Crippen LogP contribution in [0.15, 0.2) is 12.1 Å². The number of ether oxygens (including phenoxy) is 1. The summed E-state index contributed by atoms with van der Waals surface area (Å²) in [4.78, 5) is 11.3. The van der Waals surface area contributed by atoms with Gasteiger partial charge in [-0.25, -0.2) is 0 Å². The molecule has 15 heavy (non-hydrogen) atoms. The third-order valence-electron chi connectivity index (χ3n) is 2.06. The summed E-state index contributed by atoms with van der Waals surface area (Å²) in [7, 11) is 1.47. The van der Waals surface area contributed by atoms with Crippen molar-refractivity contribution in [3.05, 3.63) is 23.3 Å². The fourth-order valence-corrected chi connectivity index (χ4v) is 1.44. The van der Waals surface area contributed by atoms with E-state index in [-0.39, 0.29) is 18.3 Å². The van der Waals surface area contributed by atoms with Gasteiger partial charge in [0.15, 0.2) is 0 Å². The molecule has 0 radical (unpaired) electrons. The maximum Gasteiger partial charge on any atom is 0.250 e. The second-order valence-electron chi connectivity index (χ2n) is 3.44. The SMILES string of the molecule is COCC(=O)Nc1c(C)cc(O)cc1C. The summed E-state index contributed by atoms with van der Waals surface area (Å²) in [5.74, 6) is 0.00382. The van der Waals surface area contributed by atoms with Crippen molar-refractivity contribution in [3.63, 3.8) is 0 Å². The Balaban J connectivity index is 2.90. The molecule has 1 aromatic rings. The maximum atomic E-state index is 11.3. The third kappa shape index (κ3) is 2.95. The normalized spacial score (nSPS) is 10.1. The number of benzene rings is 1. The van der Waals surface area contributed by atoms with Crippen molar-refractivity contribution in [2.24, 2.45) is 0 Å². The Morgan fingerprint density at radius 1 is 1.40 bits per heavy atom. The Hall–Kier alpha value is -1.55. The first kappa shape index (κ1) is 11.5. The Morgan fingerprint density at radius 3 is 2.40 bits per heavy atom. The summed E-state index contributed by atoms with van der Waals surface area (Å²) in [5, 5.41) is 12.1. The van der Waals surface area contributed by atoms with Crippen LogP contribution >= 0.6 is 0 Å². The highest BCUT2D eigenvalue weighted by Gasteiger charge is 2.08. The lowest BCUT2D eigenvalue weighted by atomic mass is 10.1. The van der Waals surface area contributed by atoms with Gasteiger partial charge in [-0.1, -0.05) is 0 Å². The minimum absolute atomic E-state index is 0.0275. The van der Waals surface area contributed by atoms with Gasteiger partial charge in [0.25, 0.3) is 0 Å². The molecule has 4 nitrogen and oxygen atoms in total. The van der Waals surface area contributed by atoms with E-state index in [2.05, 4.69) is 5.32 Å². The lowest BCUT2D eigenvalue weighted by molar-refractivity contribution is -0.119. The minimum Gasteiger partial charge on any atom is -0.508 e. The highest BCUT2D eigenvalue weighted by atomic mass is 16.5. The molecule has 1 amide bonds. The van der Waals surface area contributed by atoms with Crippen LogP contribution in [0.25, 0.3) is 0 Å². The molecular formula is C11H15NO3. The van der Waals surface area contributed by atoms with Crippen molar-refractivity contribution in [1.29, 1.82) is 0 Å². The molecule has 0 heterocycles. The van der Waals surface area contributed by atoms with Crippen LogP contribution in [0.5, 0.6) is 5.75 Å². The van der Waals surface area contributed by atoms with E-state index in [1.54, 1.807) is 12.1 Å². The number of phenols is 1. The highest BCUT2D eigenvalue weighted by Crippen LogP contribution is 2.25. The second-order valence-corrected chi connectivity index (χ2v) is 3.44. The van der Waals surface area contributed by atoms with Gasteiger partial charge in [-0.3, -0.25) is 4.79 Å². The first-order valence-electron chi connectivity index (χ1n) is 4.63. The topological polar surface area (TPSA) is 58.6 Å². The summed E-state index contributed by atoms with van der Waals surface area (Å²) in [5.41, 5.74) is 2.39. The molecule has 0 atom stereocenters. The number of amides is 1. The minimum atomic E-state index is -0.200. The summed E-state index contributed by atoms with van der Waals surface area (Å²) >= 11 is 0. The summed E-state index contributed by atoms with van der Waals surface area (Å²) < 4.78 is 4.72. The molecule has 0 aliphatic carbocycles. The van der Waals surface area contributed by atoms with Gasteiger partial charge in [0, 0.05) is 12.8 Å². The Kier molecular flexibility index (Phi) is 3.68. The van der Waals surface area contributed by atoms with E-state index in [1.165, 1.54) is 7.11 Å². The van der Waals surface area contributed by atoms with Gasteiger partial charge in [-0.15, -0.1) is 0 Å². The molecule has 2 N–H and O–H groups in total. The molecule has 1 aromatic carbocycles. The average Bonchev–Trinajstić information content (AvgIpc) is 2.11. The first-order valence-corrected chi connectivity index (χ1v) is 4.63. The van der Waals surface area contributed by atoms with Crippen LogP contribution < -0.4 is 5.32 Å². The van der Waals surface area contributed by atoms with Crippen molar-refractivity contribution in [2.75, 3.05) is 19.0 Å². The van der Waals surface area contributed by atoms with Gasteiger partial charge in [0.1, 0.15) is 12.4 Å². The van der Waals surface area contributed by atoms with Crippen molar-refractivity contribution >= 4 is 11.6 Å². The van der Waals surface area contributed by atoms with Crippen LogP contribution in [-0.2, 0) is 9.53 Å². The number of carbonyl (C=O) groups is 1. The number of hydrogen-bond acceptors (Lipinski definition) is 3. The quantitative estimate of drug-likeness (QED) is 0.743. The van der Waals surface area contributed by atoms with E-state index in [9.17, 15) is 9.90 Å². The maximum absolute atomic E-state index is 11.3. The number of aryl methyl sites for hydroxylation is 2. The molecule has 0 fully saturated rings. The standard InChI is InChI=1S/C11H15NO3/c1-7-4-9(13)5-8(2)11(7)12-10(14)6-15-3/h4-5,13H,6H2,1-3H3,(H,12,14). The molecule has 0 spiro atoms.